The van der Waals surface area contributed by atoms with Crippen LogP contribution in [-0.4, -0.2) is 26.5 Å². The van der Waals surface area contributed by atoms with Gasteiger partial charge in [-0.3, -0.25) is 4.68 Å². The summed E-state index contributed by atoms with van der Waals surface area (Å²) in [5.74, 6) is 0. The molecule has 154 valence electrons. The minimum Gasteiger partial charge on any atom is -0.444 e. The van der Waals surface area contributed by atoms with Gasteiger partial charge in [0, 0.05) is 29.1 Å². The van der Waals surface area contributed by atoms with E-state index in [0.717, 1.165) is 32.5 Å². The summed E-state index contributed by atoms with van der Waals surface area (Å²) < 4.78 is 7.07. The minimum absolute atomic E-state index is 0.357. The van der Waals surface area contributed by atoms with Gasteiger partial charge in [0.15, 0.2) is 0 Å². The fourth-order valence-corrected chi connectivity index (χ4v) is 4.45. The highest BCUT2D eigenvalue weighted by Crippen LogP contribution is 2.33. The third-order valence-corrected chi connectivity index (χ3v) is 5.84. The number of ether oxygens (including phenoxy) is 1. The minimum atomic E-state index is -0.510. The fourth-order valence-electron chi connectivity index (χ4n) is 2.67. The quantitative estimate of drug-likeness (QED) is 0.576. The first-order valence-electron chi connectivity index (χ1n) is 9.44. The molecule has 0 aliphatic heterocycles. The van der Waals surface area contributed by atoms with E-state index >= 15 is 0 Å². The van der Waals surface area contributed by atoms with E-state index in [1.807, 2.05) is 50.3 Å². The zero-order valence-corrected chi connectivity index (χ0v) is 19.0. The first kappa shape index (κ1) is 21.4. The second-order valence-corrected chi connectivity index (χ2v) is 9.70. The maximum Gasteiger partial charge on any atom is 0.408 e. The Kier molecular flexibility index (Phi) is 6.64. The molecule has 0 atom stereocenters. The highest BCUT2D eigenvalue weighted by molar-refractivity contribution is 7.99. The molecule has 29 heavy (non-hydrogen) atoms. The summed E-state index contributed by atoms with van der Waals surface area (Å²) >= 11 is 3.15. The molecule has 0 aliphatic carbocycles. The van der Waals surface area contributed by atoms with Crippen LogP contribution in [0.2, 0.25) is 0 Å². The van der Waals surface area contributed by atoms with Crippen LogP contribution in [0.3, 0.4) is 0 Å². The lowest BCUT2D eigenvalue weighted by Crippen LogP contribution is -2.32. The number of hydrogen-bond acceptors (Lipinski definition) is 6. The van der Waals surface area contributed by atoms with Gasteiger partial charge in [0.1, 0.15) is 15.6 Å². The van der Waals surface area contributed by atoms with E-state index in [1.165, 1.54) is 16.9 Å². The number of nitrogens with one attached hydrogen (secondary N) is 1. The highest BCUT2D eigenvalue weighted by Gasteiger charge is 2.16. The summed E-state index contributed by atoms with van der Waals surface area (Å²) in [6.07, 6.45) is 4.43. The molecule has 2 heterocycles. The molecule has 1 N–H and O–H groups in total. The second kappa shape index (κ2) is 9.00. The van der Waals surface area contributed by atoms with Crippen LogP contribution in [0.4, 0.5) is 4.79 Å². The number of carbonyl (C=O) groups is 1. The van der Waals surface area contributed by atoms with Gasteiger partial charge in [-0.05, 0) is 50.5 Å². The number of aromatic nitrogens is 3. The van der Waals surface area contributed by atoms with Crippen molar-refractivity contribution in [3.05, 3.63) is 46.5 Å². The van der Waals surface area contributed by atoms with Gasteiger partial charge >= 0.3 is 6.09 Å². The number of rotatable bonds is 6. The van der Waals surface area contributed by atoms with Crippen molar-refractivity contribution < 1.29 is 9.53 Å². The van der Waals surface area contributed by atoms with Crippen molar-refractivity contribution in [1.82, 2.24) is 20.1 Å². The lowest BCUT2D eigenvalue weighted by Gasteiger charge is -2.19. The topological polar surface area (TPSA) is 69.0 Å². The molecule has 0 radical (unpaired) electrons. The largest absolute Gasteiger partial charge is 0.444 e. The standard InChI is InChI=1S/C21H26N4O2S2/c1-6-14-7-15(16-10-23-25(5)12-16)9-17(8-14)29-19-13-28-18(24-19)11-22-20(26)27-21(2,3)4/h7-10,12-13H,6,11H2,1-5H3,(H,22,26). The van der Waals surface area contributed by atoms with Crippen molar-refractivity contribution in [2.24, 2.45) is 7.05 Å². The fraction of sp³-hybridized carbons (Fsp3) is 0.381. The summed E-state index contributed by atoms with van der Waals surface area (Å²) in [6.45, 7) is 8.04. The Morgan fingerprint density at radius 3 is 2.72 bits per heavy atom. The number of thiazole rings is 1. The van der Waals surface area contributed by atoms with Crippen molar-refractivity contribution in [2.75, 3.05) is 0 Å². The summed E-state index contributed by atoms with van der Waals surface area (Å²) in [6, 6.07) is 6.57. The molecule has 0 saturated carbocycles. The second-order valence-electron chi connectivity index (χ2n) is 7.66. The highest BCUT2D eigenvalue weighted by atomic mass is 32.2. The van der Waals surface area contributed by atoms with E-state index in [0.29, 0.717) is 6.54 Å². The third-order valence-electron chi connectivity index (χ3n) is 3.95. The first-order valence-corrected chi connectivity index (χ1v) is 11.1. The smallest absolute Gasteiger partial charge is 0.408 e. The lowest BCUT2D eigenvalue weighted by atomic mass is 10.1. The van der Waals surface area contributed by atoms with Gasteiger partial charge in [0.25, 0.3) is 0 Å². The molecule has 1 aromatic carbocycles. The molecule has 3 rings (SSSR count). The van der Waals surface area contributed by atoms with Gasteiger partial charge < -0.3 is 10.1 Å². The zero-order valence-electron chi connectivity index (χ0n) is 17.4. The van der Waals surface area contributed by atoms with E-state index in [1.54, 1.807) is 11.8 Å². The number of alkyl carbamates (subject to hydrolysis) is 1. The predicted molar refractivity (Wildman–Crippen MR) is 117 cm³/mol. The van der Waals surface area contributed by atoms with Crippen LogP contribution in [0.5, 0.6) is 0 Å². The van der Waals surface area contributed by atoms with E-state index < -0.39 is 11.7 Å². The first-order chi connectivity index (χ1) is 13.7. The molecule has 1 amide bonds. The molecule has 0 aliphatic rings. The lowest BCUT2D eigenvalue weighted by molar-refractivity contribution is 0.0523. The summed E-state index contributed by atoms with van der Waals surface area (Å²) in [5, 5.41) is 10.8. The molecular weight excluding hydrogens is 404 g/mol. The number of aryl methyl sites for hydroxylation is 2. The van der Waals surface area contributed by atoms with Crippen LogP contribution in [-0.2, 0) is 24.8 Å². The van der Waals surface area contributed by atoms with E-state index in [-0.39, 0.29) is 0 Å². The van der Waals surface area contributed by atoms with Crippen molar-refractivity contribution >= 4 is 29.2 Å². The molecule has 8 heteroatoms. The number of benzene rings is 1. The van der Waals surface area contributed by atoms with E-state index in [2.05, 4.69) is 40.5 Å². The van der Waals surface area contributed by atoms with Gasteiger partial charge in [0.2, 0.25) is 0 Å². The van der Waals surface area contributed by atoms with Crippen LogP contribution in [0.25, 0.3) is 11.1 Å². The molecule has 0 bridgehead atoms. The molecule has 0 spiro atoms. The van der Waals surface area contributed by atoms with E-state index in [4.69, 9.17) is 4.74 Å². The number of carbonyl (C=O) groups excluding carboxylic acids is 1. The van der Waals surface area contributed by atoms with Crippen LogP contribution < -0.4 is 5.32 Å². The Balaban J connectivity index is 1.68. The summed E-state index contributed by atoms with van der Waals surface area (Å²) in [4.78, 5) is 17.6. The third kappa shape index (κ3) is 6.33. The van der Waals surface area contributed by atoms with E-state index in [9.17, 15) is 4.79 Å². The molecule has 0 unspecified atom stereocenters. The van der Waals surface area contributed by atoms with Gasteiger partial charge in [-0.1, -0.05) is 24.8 Å². The molecule has 3 aromatic rings. The van der Waals surface area contributed by atoms with Gasteiger partial charge in [0.05, 0.1) is 12.7 Å². The Hall–Kier alpha value is -2.32. The summed E-state index contributed by atoms with van der Waals surface area (Å²) in [5.41, 5.74) is 3.02. The molecular formula is C21H26N4O2S2. The van der Waals surface area contributed by atoms with Crippen LogP contribution in [0, 0.1) is 0 Å². The van der Waals surface area contributed by atoms with Crippen LogP contribution in [0.1, 0.15) is 38.3 Å². The molecule has 2 aromatic heterocycles. The van der Waals surface area contributed by atoms with Crippen molar-refractivity contribution in [2.45, 2.75) is 56.2 Å². The Bertz CT molecular complexity index is 989. The Labute approximate surface area is 179 Å². The van der Waals surface area contributed by atoms with Gasteiger partial charge in [-0.15, -0.1) is 11.3 Å². The number of amides is 1. The maximum absolute atomic E-state index is 11.8. The number of hydrogen-bond donors (Lipinski definition) is 1. The molecule has 6 nitrogen and oxygen atoms in total. The maximum atomic E-state index is 11.8. The van der Waals surface area contributed by atoms with Crippen molar-refractivity contribution in [3.8, 4) is 11.1 Å². The van der Waals surface area contributed by atoms with Crippen molar-refractivity contribution in [3.63, 3.8) is 0 Å². The van der Waals surface area contributed by atoms with Crippen LogP contribution >= 0.6 is 23.1 Å². The van der Waals surface area contributed by atoms with Crippen LogP contribution in [0.15, 0.2) is 45.9 Å². The van der Waals surface area contributed by atoms with Crippen molar-refractivity contribution in [1.29, 1.82) is 0 Å². The SMILES string of the molecule is CCc1cc(Sc2csc(CNC(=O)OC(C)(C)C)n2)cc(-c2cnn(C)c2)c1. The number of nitrogens with zero attached hydrogens (tertiary/aromatic N) is 3. The normalized spacial score (nSPS) is 11.5. The molecule has 0 fully saturated rings. The average Bonchev–Trinajstić information content (AvgIpc) is 3.27. The molecule has 0 saturated heterocycles. The monoisotopic (exact) mass is 430 g/mol. The summed E-state index contributed by atoms with van der Waals surface area (Å²) in [7, 11) is 1.92. The van der Waals surface area contributed by atoms with Gasteiger partial charge in [-0.2, -0.15) is 5.10 Å². The Morgan fingerprint density at radius 1 is 1.28 bits per heavy atom. The zero-order chi connectivity index (χ0) is 21.0. The average molecular weight is 431 g/mol. The van der Waals surface area contributed by atoms with Gasteiger partial charge in [-0.25, -0.2) is 9.78 Å². The Morgan fingerprint density at radius 2 is 2.07 bits per heavy atom. The predicted octanol–water partition coefficient (Wildman–Crippen LogP) is 5.28.